The van der Waals surface area contributed by atoms with Gasteiger partial charge in [0.2, 0.25) is 5.91 Å². The average molecular weight is 333 g/mol. The van der Waals surface area contributed by atoms with E-state index in [2.05, 4.69) is 35.6 Å². The molecule has 3 aromatic rings. The molecule has 0 saturated heterocycles. The van der Waals surface area contributed by atoms with Gasteiger partial charge in [-0.1, -0.05) is 60.7 Å². The van der Waals surface area contributed by atoms with E-state index in [0.717, 1.165) is 23.3 Å². The van der Waals surface area contributed by atoms with Gasteiger partial charge in [-0.2, -0.15) is 0 Å². The van der Waals surface area contributed by atoms with Crippen LogP contribution in [-0.4, -0.2) is 11.9 Å². The summed E-state index contributed by atoms with van der Waals surface area (Å²) in [5.41, 5.74) is 1.05. The predicted molar refractivity (Wildman–Crippen MR) is 100 cm³/mol. The molecule has 0 unspecified atom stereocenters. The minimum atomic E-state index is -0.215. The van der Waals surface area contributed by atoms with E-state index in [1.54, 1.807) is 11.8 Å². The predicted octanol–water partition coefficient (Wildman–Crippen LogP) is 4.95. The molecule has 120 valence electrons. The molecular formula is C21H19NOS. The summed E-state index contributed by atoms with van der Waals surface area (Å²) in [5.74, 6) is 0.113. The molecule has 0 bridgehead atoms. The van der Waals surface area contributed by atoms with Crippen LogP contribution in [0.5, 0.6) is 0 Å². The molecule has 0 radical (unpaired) electrons. The Morgan fingerprint density at radius 2 is 1.62 bits per heavy atom. The fourth-order valence-electron chi connectivity index (χ4n) is 2.78. The van der Waals surface area contributed by atoms with Crippen LogP contribution in [0.2, 0.25) is 0 Å². The van der Waals surface area contributed by atoms with Crippen molar-refractivity contribution in [3.05, 3.63) is 78.4 Å². The fraction of sp³-hybridized carbons (Fsp3) is 0.190. The number of carbonyl (C=O) groups excluding carboxylic acids is 1. The smallest absolute Gasteiger partial charge is 0.238 e. The lowest BCUT2D eigenvalue weighted by molar-refractivity contribution is -0.120. The zero-order chi connectivity index (χ0) is 16.4. The van der Waals surface area contributed by atoms with E-state index >= 15 is 0 Å². The van der Waals surface area contributed by atoms with Crippen LogP contribution in [0.4, 0.5) is 0 Å². The Kier molecular flexibility index (Phi) is 4.26. The maximum atomic E-state index is 12.7. The summed E-state index contributed by atoms with van der Waals surface area (Å²) >= 11 is 1.62. The van der Waals surface area contributed by atoms with E-state index in [9.17, 15) is 4.79 Å². The van der Waals surface area contributed by atoms with Crippen molar-refractivity contribution in [2.45, 2.75) is 29.0 Å². The molecule has 1 atom stereocenters. The Labute approximate surface area is 146 Å². The van der Waals surface area contributed by atoms with Crippen molar-refractivity contribution in [1.29, 1.82) is 0 Å². The number of carbonyl (C=O) groups is 1. The van der Waals surface area contributed by atoms with Crippen LogP contribution in [-0.2, 0) is 4.79 Å². The number of thioether (sulfide) groups is 1. The van der Waals surface area contributed by atoms with Crippen molar-refractivity contribution < 1.29 is 4.79 Å². The van der Waals surface area contributed by atoms with Gasteiger partial charge >= 0.3 is 0 Å². The van der Waals surface area contributed by atoms with Gasteiger partial charge < -0.3 is 5.32 Å². The quantitative estimate of drug-likeness (QED) is 0.669. The monoisotopic (exact) mass is 333 g/mol. The van der Waals surface area contributed by atoms with E-state index in [-0.39, 0.29) is 11.2 Å². The third kappa shape index (κ3) is 3.46. The second-order valence-electron chi connectivity index (χ2n) is 6.20. The summed E-state index contributed by atoms with van der Waals surface area (Å²) in [4.78, 5) is 13.8. The maximum absolute atomic E-state index is 12.7. The molecule has 0 aromatic heterocycles. The first-order valence-electron chi connectivity index (χ1n) is 8.30. The number of hydrogen-bond donors (Lipinski definition) is 1. The number of fused-ring (bicyclic) bond motifs is 1. The van der Waals surface area contributed by atoms with Crippen LogP contribution in [0.25, 0.3) is 10.8 Å². The summed E-state index contributed by atoms with van der Waals surface area (Å²) < 4.78 is 0. The third-order valence-corrected chi connectivity index (χ3v) is 5.49. The molecule has 1 saturated carbocycles. The third-order valence-electron chi connectivity index (χ3n) is 4.24. The summed E-state index contributed by atoms with van der Waals surface area (Å²) in [6, 6.07) is 25.1. The van der Waals surface area contributed by atoms with Crippen LogP contribution in [0.15, 0.2) is 77.7 Å². The Bertz CT molecular complexity index is 858. The molecule has 2 nitrogen and oxygen atoms in total. The normalized spacial score (nSPS) is 15.2. The van der Waals surface area contributed by atoms with Crippen LogP contribution in [0.1, 0.15) is 23.7 Å². The Balaban J connectivity index is 1.63. The lowest BCUT2D eigenvalue weighted by Gasteiger charge is -2.17. The average Bonchev–Trinajstić information content (AvgIpc) is 3.44. The largest absolute Gasteiger partial charge is 0.352 e. The molecule has 3 aromatic carbocycles. The lowest BCUT2D eigenvalue weighted by Crippen LogP contribution is -2.29. The first-order valence-corrected chi connectivity index (χ1v) is 9.18. The molecule has 0 spiro atoms. The summed E-state index contributed by atoms with van der Waals surface area (Å²) in [6.45, 7) is 0. The molecule has 0 heterocycles. The van der Waals surface area contributed by atoms with Gasteiger partial charge in [-0.25, -0.2) is 0 Å². The summed E-state index contributed by atoms with van der Waals surface area (Å²) in [6.07, 6.45) is 2.21. The summed E-state index contributed by atoms with van der Waals surface area (Å²) in [5, 5.41) is 5.36. The second-order valence-corrected chi connectivity index (χ2v) is 7.38. The number of amides is 1. The molecule has 1 fully saturated rings. The highest BCUT2D eigenvalue weighted by Crippen LogP contribution is 2.37. The van der Waals surface area contributed by atoms with Gasteiger partial charge in [0.15, 0.2) is 0 Å². The standard InChI is InChI=1S/C21H19NOS/c23-21(22-18-11-12-18)20(16-7-2-1-3-8-16)24-19-13-10-15-6-4-5-9-17(15)14-19/h1-10,13-14,18,20H,11-12H2,(H,22,23)/t20-/m0/s1. The lowest BCUT2D eigenvalue weighted by atomic mass is 10.1. The van der Waals surface area contributed by atoms with Gasteiger partial charge in [-0.3, -0.25) is 4.79 Å². The molecule has 1 aliphatic rings. The van der Waals surface area contributed by atoms with Gasteiger partial charge in [-0.05, 0) is 41.3 Å². The molecule has 0 aliphatic heterocycles. The topological polar surface area (TPSA) is 29.1 Å². The molecule has 4 rings (SSSR count). The zero-order valence-electron chi connectivity index (χ0n) is 13.3. The zero-order valence-corrected chi connectivity index (χ0v) is 14.1. The highest BCUT2D eigenvalue weighted by atomic mass is 32.2. The van der Waals surface area contributed by atoms with Gasteiger partial charge in [-0.15, -0.1) is 11.8 Å². The van der Waals surface area contributed by atoms with Crippen molar-refractivity contribution >= 4 is 28.4 Å². The van der Waals surface area contributed by atoms with Crippen LogP contribution >= 0.6 is 11.8 Å². The van der Waals surface area contributed by atoms with Gasteiger partial charge in [0.05, 0.1) is 0 Å². The Hall–Kier alpha value is -2.26. The molecule has 3 heteroatoms. The number of nitrogens with one attached hydrogen (secondary N) is 1. The van der Waals surface area contributed by atoms with Crippen molar-refractivity contribution in [3.63, 3.8) is 0 Å². The van der Waals surface area contributed by atoms with Crippen LogP contribution < -0.4 is 5.32 Å². The number of hydrogen-bond acceptors (Lipinski definition) is 2. The number of benzene rings is 3. The van der Waals surface area contributed by atoms with Crippen LogP contribution in [0, 0.1) is 0 Å². The van der Waals surface area contributed by atoms with Gasteiger partial charge in [0.1, 0.15) is 5.25 Å². The van der Waals surface area contributed by atoms with E-state index < -0.39 is 0 Å². The maximum Gasteiger partial charge on any atom is 0.238 e. The van der Waals surface area contributed by atoms with E-state index in [1.807, 2.05) is 42.5 Å². The minimum absolute atomic E-state index is 0.113. The number of rotatable bonds is 5. The molecule has 1 N–H and O–H groups in total. The van der Waals surface area contributed by atoms with Crippen molar-refractivity contribution in [1.82, 2.24) is 5.32 Å². The Morgan fingerprint density at radius 3 is 2.38 bits per heavy atom. The second kappa shape index (κ2) is 6.70. The molecular weight excluding hydrogens is 314 g/mol. The van der Waals surface area contributed by atoms with E-state index in [4.69, 9.17) is 0 Å². The first-order chi connectivity index (χ1) is 11.8. The van der Waals surface area contributed by atoms with Crippen molar-refractivity contribution in [2.24, 2.45) is 0 Å². The molecule has 1 amide bonds. The summed E-state index contributed by atoms with van der Waals surface area (Å²) in [7, 11) is 0. The molecule has 1 aliphatic carbocycles. The fourth-order valence-corrected chi connectivity index (χ4v) is 3.86. The van der Waals surface area contributed by atoms with Gasteiger partial charge in [0, 0.05) is 10.9 Å². The van der Waals surface area contributed by atoms with Gasteiger partial charge in [0.25, 0.3) is 0 Å². The molecule has 24 heavy (non-hydrogen) atoms. The van der Waals surface area contributed by atoms with E-state index in [1.165, 1.54) is 10.8 Å². The minimum Gasteiger partial charge on any atom is -0.352 e. The van der Waals surface area contributed by atoms with Crippen molar-refractivity contribution in [3.8, 4) is 0 Å². The van der Waals surface area contributed by atoms with E-state index in [0.29, 0.717) is 6.04 Å². The Morgan fingerprint density at radius 1 is 0.917 bits per heavy atom. The van der Waals surface area contributed by atoms with Crippen LogP contribution in [0.3, 0.4) is 0 Å². The highest BCUT2D eigenvalue weighted by Gasteiger charge is 2.29. The first kappa shape index (κ1) is 15.3. The van der Waals surface area contributed by atoms with Crippen molar-refractivity contribution in [2.75, 3.05) is 0 Å². The SMILES string of the molecule is O=C(NC1CC1)[C@@H](Sc1ccc2ccccc2c1)c1ccccc1. The highest BCUT2D eigenvalue weighted by molar-refractivity contribution is 8.00.